The summed E-state index contributed by atoms with van der Waals surface area (Å²) in [6.45, 7) is 3.41. The molecule has 0 bridgehead atoms. The maximum Gasteiger partial charge on any atom is 0.0692 e. The van der Waals surface area contributed by atoms with Crippen LogP contribution in [-0.2, 0) is 0 Å². The minimum absolute atomic E-state index is 0.103. The van der Waals surface area contributed by atoms with Crippen molar-refractivity contribution in [2.75, 3.05) is 19.6 Å². The van der Waals surface area contributed by atoms with Crippen LogP contribution in [0.1, 0.15) is 51.4 Å². The van der Waals surface area contributed by atoms with Gasteiger partial charge in [-0.15, -0.1) is 0 Å². The van der Waals surface area contributed by atoms with Gasteiger partial charge in [-0.05, 0) is 57.5 Å². The summed E-state index contributed by atoms with van der Waals surface area (Å²) in [5.41, 5.74) is 0. The van der Waals surface area contributed by atoms with E-state index in [1.54, 1.807) is 0 Å². The fourth-order valence-electron chi connectivity index (χ4n) is 4.21. The lowest BCUT2D eigenvalue weighted by molar-refractivity contribution is 0.0961. The first-order chi connectivity index (χ1) is 8.83. The molecule has 2 heterocycles. The SMILES string of the molecule is OC(CNC1CCN2CCCC2C1)C1CCCC1. The van der Waals surface area contributed by atoms with Crippen molar-refractivity contribution in [2.45, 2.75) is 69.6 Å². The van der Waals surface area contributed by atoms with E-state index < -0.39 is 0 Å². The molecule has 1 aliphatic carbocycles. The Morgan fingerprint density at radius 2 is 1.89 bits per heavy atom. The van der Waals surface area contributed by atoms with E-state index in [0.29, 0.717) is 12.0 Å². The second-order valence-electron chi connectivity index (χ2n) is 6.57. The molecule has 3 nitrogen and oxygen atoms in total. The summed E-state index contributed by atoms with van der Waals surface area (Å²) in [7, 11) is 0. The van der Waals surface area contributed by atoms with Gasteiger partial charge in [-0.3, -0.25) is 0 Å². The number of piperidine rings is 1. The topological polar surface area (TPSA) is 35.5 Å². The summed E-state index contributed by atoms with van der Waals surface area (Å²) in [6.07, 6.45) is 10.4. The van der Waals surface area contributed by atoms with Crippen LogP contribution in [0.5, 0.6) is 0 Å². The molecule has 104 valence electrons. The lowest BCUT2D eigenvalue weighted by Crippen LogP contribution is -2.47. The maximum atomic E-state index is 10.2. The van der Waals surface area contributed by atoms with E-state index in [4.69, 9.17) is 0 Å². The summed E-state index contributed by atoms with van der Waals surface area (Å²) in [4.78, 5) is 2.66. The predicted octanol–water partition coefficient (Wildman–Crippen LogP) is 1.75. The Hall–Kier alpha value is -0.120. The van der Waals surface area contributed by atoms with Crippen molar-refractivity contribution < 1.29 is 5.11 Å². The lowest BCUT2D eigenvalue weighted by Gasteiger charge is -2.36. The van der Waals surface area contributed by atoms with Crippen LogP contribution in [-0.4, -0.2) is 47.8 Å². The molecule has 18 heavy (non-hydrogen) atoms. The van der Waals surface area contributed by atoms with Crippen LogP contribution in [0, 0.1) is 5.92 Å². The van der Waals surface area contributed by atoms with Crippen molar-refractivity contribution in [3.8, 4) is 0 Å². The number of aliphatic hydroxyl groups excluding tert-OH is 1. The lowest BCUT2D eigenvalue weighted by atomic mass is 9.96. The van der Waals surface area contributed by atoms with Crippen molar-refractivity contribution in [3.05, 3.63) is 0 Å². The van der Waals surface area contributed by atoms with Gasteiger partial charge >= 0.3 is 0 Å². The monoisotopic (exact) mass is 252 g/mol. The van der Waals surface area contributed by atoms with Crippen LogP contribution in [0.2, 0.25) is 0 Å². The highest BCUT2D eigenvalue weighted by atomic mass is 16.3. The van der Waals surface area contributed by atoms with Crippen molar-refractivity contribution in [1.29, 1.82) is 0 Å². The van der Waals surface area contributed by atoms with E-state index in [2.05, 4.69) is 10.2 Å². The molecule has 2 saturated heterocycles. The molecule has 2 N–H and O–H groups in total. The van der Waals surface area contributed by atoms with Crippen molar-refractivity contribution in [3.63, 3.8) is 0 Å². The number of hydrogen-bond donors (Lipinski definition) is 2. The van der Waals surface area contributed by atoms with Gasteiger partial charge in [0.2, 0.25) is 0 Å². The van der Waals surface area contributed by atoms with E-state index in [-0.39, 0.29) is 6.10 Å². The van der Waals surface area contributed by atoms with E-state index >= 15 is 0 Å². The van der Waals surface area contributed by atoms with Crippen LogP contribution in [0.4, 0.5) is 0 Å². The predicted molar refractivity (Wildman–Crippen MR) is 73.6 cm³/mol. The highest BCUT2D eigenvalue weighted by Crippen LogP contribution is 2.29. The first kappa shape index (κ1) is 12.9. The molecule has 2 aliphatic heterocycles. The van der Waals surface area contributed by atoms with Gasteiger partial charge in [-0.25, -0.2) is 0 Å². The van der Waals surface area contributed by atoms with Gasteiger partial charge in [-0.2, -0.15) is 0 Å². The number of fused-ring (bicyclic) bond motifs is 1. The minimum atomic E-state index is -0.103. The van der Waals surface area contributed by atoms with Crippen molar-refractivity contribution in [2.24, 2.45) is 5.92 Å². The van der Waals surface area contributed by atoms with Crippen molar-refractivity contribution >= 4 is 0 Å². The van der Waals surface area contributed by atoms with Gasteiger partial charge < -0.3 is 15.3 Å². The first-order valence-electron chi connectivity index (χ1n) is 7.98. The summed E-state index contributed by atoms with van der Waals surface area (Å²) >= 11 is 0. The number of hydrogen-bond acceptors (Lipinski definition) is 3. The molecule has 3 rings (SSSR count). The molecular formula is C15H28N2O. The smallest absolute Gasteiger partial charge is 0.0692 e. The van der Waals surface area contributed by atoms with E-state index in [1.165, 1.54) is 64.5 Å². The number of nitrogens with one attached hydrogen (secondary N) is 1. The van der Waals surface area contributed by atoms with Crippen LogP contribution >= 0.6 is 0 Å². The number of rotatable bonds is 4. The Labute approximate surface area is 111 Å². The number of nitrogens with zero attached hydrogens (tertiary/aromatic N) is 1. The number of aliphatic hydroxyl groups is 1. The molecule has 3 fully saturated rings. The van der Waals surface area contributed by atoms with Gasteiger partial charge in [0.1, 0.15) is 0 Å². The summed E-state index contributed by atoms with van der Waals surface area (Å²) < 4.78 is 0. The second-order valence-corrected chi connectivity index (χ2v) is 6.57. The maximum absolute atomic E-state index is 10.2. The fraction of sp³-hybridized carbons (Fsp3) is 1.00. The highest BCUT2D eigenvalue weighted by molar-refractivity contribution is 4.89. The summed E-state index contributed by atoms with van der Waals surface area (Å²) in [6, 6.07) is 1.49. The molecule has 3 atom stereocenters. The van der Waals surface area contributed by atoms with Crippen LogP contribution in [0.15, 0.2) is 0 Å². The second kappa shape index (κ2) is 5.89. The zero-order chi connectivity index (χ0) is 12.4. The average Bonchev–Trinajstić information content (AvgIpc) is 3.05. The summed E-state index contributed by atoms with van der Waals surface area (Å²) in [5.74, 6) is 0.573. The molecule has 1 saturated carbocycles. The third kappa shape index (κ3) is 2.89. The van der Waals surface area contributed by atoms with Crippen LogP contribution in [0.25, 0.3) is 0 Å². The van der Waals surface area contributed by atoms with Crippen molar-refractivity contribution in [1.82, 2.24) is 10.2 Å². The minimum Gasteiger partial charge on any atom is -0.392 e. The van der Waals surface area contributed by atoms with Crippen LogP contribution in [0.3, 0.4) is 0 Å². The molecular weight excluding hydrogens is 224 g/mol. The Balaban J connectivity index is 1.40. The average molecular weight is 252 g/mol. The van der Waals surface area contributed by atoms with E-state index in [9.17, 15) is 5.11 Å². The molecule has 0 aromatic heterocycles. The first-order valence-corrected chi connectivity index (χ1v) is 7.98. The van der Waals surface area contributed by atoms with Gasteiger partial charge in [0, 0.05) is 18.6 Å². The quantitative estimate of drug-likeness (QED) is 0.800. The third-order valence-electron chi connectivity index (χ3n) is 5.38. The molecule has 3 aliphatic rings. The summed E-state index contributed by atoms with van der Waals surface area (Å²) in [5, 5.41) is 13.8. The Morgan fingerprint density at radius 3 is 2.72 bits per heavy atom. The van der Waals surface area contributed by atoms with E-state index in [0.717, 1.165) is 12.6 Å². The Morgan fingerprint density at radius 1 is 1.06 bits per heavy atom. The van der Waals surface area contributed by atoms with Gasteiger partial charge in [0.25, 0.3) is 0 Å². The molecule has 3 unspecified atom stereocenters. The van der Waals surface area contributed by atoms with Gasteiger partial charge in [0.15, 0.2) is 0 Å². The Bertz CT molecular complexity index is 265. The zero-order valence-corrected chi connectivity index (χ0v) is 11.5. The highest BCUT2D eigenvalue weighted by Gasteiger charge is 2.32. The largest absolute Gasteiger partial charge is 0.392 e. The molecule has 0 aromatic rings. The standard InChI is InChI=1S/C15H28N2O/c18-15(12-4-1-2-5-12)11-16-13-7-9-17-8-3-6-14(17)10-13/h12-16,18H,1-11H2. The molecule has 0 aromatic carbocycles. The third-order valence-corrected chi connectivity index (χ3v) is 5.38. The zero-order valence-electron chi connectivity index (χ0n) is 11.5. The van der Waals surface area contributed by atoms with Gasteiger partial charge in [0.05, 0.1) is 6.10 Å². The Kier molecular flexibility index (Phi) is 4.22. The molecule has 0 radical (unpaired) electrons. The molecule has 3 heteroatoms. The van der Waals surface area contributed by atoms with E-state index in [1.807, 2.05) is 0 Å². The molecule has 0 amide bonds. The normalized spacial score (nSPS) is 35.8. The van der Waals surface area contributed by atoms with Gasteiger partial charge in [-0.1, -0.05) is 12.8 Å². The van der Waals surface area contributed by atoms with Crippen LogP contribution < -0.4 is 5.32 Å². The fourth-order valence-corrected chi connectivity index (χ4v) is 4.21. The molecule has 0 spiro atoms.